The van der Waals surface area contributed by atoms with Crippen LogP contribution in [0.2, 0.25) is 0 Å². The Morgan fingerprint density at radius 3 is 2.35 bits per heavy atom. The highest BCUT2D eigenvalue weighted by Crippen LogP contribution is 2.19. The van der Waals surface area contributed by atoms with Crippen molar-refractivity contribution in [2.24, 2.45) is 0 Å². The van der Waals surface area contributed by atoms with Crippen LogP contribution < -0.4 is 14.8 Å². The zero-order valence-corrected chi connectivity index (χ0v) is 13.2. The predicted molar refractivity (Wildman–Crippen MR) is 81.5 cm³/mol. The molecule has 1 rings (SSSR count). The average Bonchev–Trinajstić information content (AvgIpc) is 2.44. The molecule has 0 fully saturated rings. The number of ether oxygens (including phenoxy) is 1. The van der Waals surface area contributed by atoms with Crippen molar-refractivity contribution in [1.82, 2.24) is 10.0 Å². The van der Waals surface area contributed by atoms with E-state index in [0.29, 0.717) is 13.1 Å². The van der Waals surface area contributed by atoms with Gasteiger partial charge in [0.2, 0.25) is 10.0 Å². The Labute approximate surface area is 121 Å². The first-order valence-corrected chi connectivity index (χ1v) is 8.52. The lowest BCUT2D eigenvalue weighted by Crippen LogP contribution is -2.33. The summed E-state index contributed by atoms with van der Waals surface area (Å²) in [6.45, 7) is 4.70. The lowest BCUT2D eigenvalue weighted by Gasteiger charge is -2.18. The molecular formula is C14H24N2O3S. The number of benzene rings is 1. The molecule has 5 nitrogen and oxygen atoms in total. The van der Waals surface area contributed by atoms with Crippen molar-refractivity contribution in [3.05, 3.63) is 29.8 Å². The number of nitrogens with one attached hydrogen (secondary N) is 2. The summed E-state index contributed by atoms with van der Waals surface area (Å²) < 4.78 is 30.7. The van der Waals surface area contributed by atoms with Crippen LogP contribution in [-0.4, -0.2) is 34.4 Å². The Morgan fingerprint density at radius 1 is 1.20 bits per heavy atom. The Hall–Kier alpha value is -1.11. The summed E-state index contributed by atoms with van der Waals surface area (Å²) in [7, 11) is -1.53. The van der Waals surface area contributed by atoms with Crippen molar-refractivity contribution in [3.8, 4) is 5.75 Å². The molecule has 1 aromatic rings. The minimum Gasteiger partial charge on any atom is -0.497 e. The van der Waals surface area contributed by atoms with Crippen LogP contribution in [0.5, 0.6) is 5.75 Å². The highest BCUT2D eigenvalue weighted by molar-refractivity contribution is 7.89. The van der Waals surface area contributed by atoms with E-state index in [-0.39, 0.29) is 11.8 Å². The molecule has 20 heavy (non-hydrogen) atoms. The Kier molecular flexibility index (Phi) is 6.98. The van der Waals surface area contributed by atoms with E-state index in [1.54, 1.807) is 14.0 Å². The monoisotopic (exact) mass is 300 g/mol. The van der Waals surface area contributed by atoms with Crippen LogP contribution in [0.3, 0.4) is 0 Å². The first-order valence-electron chi connectivity index (χ1n) is 6.87. The van der Waals surface area contributed by atoms with Crippen LogP contribution in [0.25, 0.3) is 0 Å². The van der Waals surface area contributed by atoms with Crippen LogP contribution >= 0.6 is 0 Å². The van der Waals surface area contributed by atoms with E-state index in [0.717, 1.165) is 17.7 Å². The molecule has 0 saturated carbocycles. The highest BCUT2D eigenvalue weighted by Gasteiger charge is 2.12. The quantitative estimate of drug-likeness (QED) is 0.728. The van der Waals surface area contributed by atoms with E-state index >= 15 is 0 Å². The summed E-state index contributed by atoms with van der Waals surface area (Å²) in [5, 5.41) is 3.28. The molecule has 0 aromatic heterocycles. The van der Waals surface area contributed by atoms with Gasteiger partial charge in [-0.15, -0.1) is 0 Å². The summed E-state index contributed by atoms with van der Waals surface area (Å²) in [6.07, 6.45) is 0.896. The van der Waals surface area contributed by atoms with Gasteiger partial charge in [-0.25, -0.2) is 13.1 Å². The molecule has 0 bridgehead atoms. The van der Waals surface area contributed by atoms with Gasteiger partial charge in [0.1, 0.15) is 5.75 Å². The molecule has 0 amide bonds. The smallest absolute Gasteiger partial charge is 0.212 e. The summed E-state index contributed by atoms with van der Waals surface area (Å²) in [4.78, 5) is 0. The van der Waals surface area contributed by atoms with Crippen LogP contribution in [-0.2, 0) is 10.0 Å². The van der Waals surface area contributed by atoms with E-state index in [2.05, 4.69) is 17.0 Å². The fourth-order valence-electron chi connectivity index (χ4n) is 1.99. The van der Waals surface area contributed by atoms with Gasteiger partial charge in [-0.1, -0.05) is 26.0 Å². The molecule has 0 radical (unpaired) electrons. The standard InChI is InChI=1S/C14H24N2O3S/c1-4-14(12-6-8-13(19-3)9-7-12)15-10-11-20(17,18)16-5-2/h6-9,14-16H,4-5,10-11H2,1-3H3. The molecular weight excluding hydrogens is 276 g/mol. The van der Waals surface area contributed by atoms with Gasteiger partial charge in [0.05, 0.1) is 12.9 Å². The van der Waals surface area contributed by atoms with Crippen molar-refractivity contribution in [2.75, 3.05) is 26.0 Å². The molecule has 6 heteroatoms. The number of rotatable bonds is 9. The first kappa shape index (κ1) is 16.9. The molecule has 1 aromatic carbocycles. The van der Waals surface area contributed by atoms with Gasteiger partial charge in [0.15, 0.2) is 0 Å². The second-order valence-corrected chi connectivity index (χ2v) is 6.43. The molecule has 0 spiro atoms. The van der Waals surface area contributed by atoms with Gasteiger partial charge in [-0.2, -0.15) is 0 Å². The molecule has 0 aliphatic heterocycles. The van der Waals surface area contributed by atoms with E-state index in [1.165, 1.54) is 0 Å². The number of methoxy groups -OCH3 is 1. The van der Waals surface area contributed by atoms with Crippen molar-refractivity contribution in [3.63, 3.8) is 0 Å². The second-order valence-electron chi connectivity index (χ2n) is 4.50. The minimum atomic E-state index is -3.16. The highest BCUT2D eigenvalue weighted by atomic mass is 32.2. The lowest BCUT2D eigenvalue weighted by molar-refractivity contribution is 0.414. The molecule has 0 aliphatic carbocycles. The van der Waals surface area contributed by atoms with Gasteiger partial charge in [0.25, 0.3) is 0 Å². The van der Waals surface area contributed by atoms with E-state index in [1.807, 2.05) is 24.3 Å². The molecule has 0 saturated heterocycles. The maximum Gasteiger partial charge on any atom is 0.212 e. The van der Waals surface area contributed by atoms with Crippen LogP contribution in [0.4, 0.5) is 0 Å². The first-order chi connectivity index (χ1) is 9.52. The molecule has 0 heterocycles. The van der Waals surface area contributed by atoms with E-state index in [4.69, 9.17) is 4.74 Å². The third-order valence-corrected chi connectivity index (χ3v) is 4.52. The zero-order chi connectivity index (χ0) is 15.0. The maximum atomic E-state index is 11.6. The summed E-state index contributed by atoms with van der Waals surface area (Å²) >= 11 is 0. The Balaban J connectivity index is 2.54. The largest absolute Gasteiger partial charge is 0.497 e. The number of hydrogen-bond acceptors (Lipinski definition) is 4. The van der Waals surface area contributed by atoms with Crippen LogP contribution in [0, 0.1) is 0 Å². The Morgan fingerprint density at radius 2 is 1.85 bits per heavy atom. The number of hydrogen-bond donors (Lipinski definition) is 2. The van der Waals surface area contributed by atoms with Crippen LogP contribution in [0.1, 0.15) is 31.9 Å². The van der Waals surface area contributed by atoms with E-state index in [9.17, 15) is 8.42 Å². The number of sulfonamides is 1. The fourth-order valence-corrected chi connectivity index (χ4v) is 2.96. The normalized spacial score (nSPS) is 13.2. The van der Waals surface area contributed by atoms with Gasteiger partial charge in [0, 0.05) is 19.1 Å². The topological polar surface area (TPSA) is 67.4 Å². The van der Waals surface area contributed by atoms with Crippen molar-refractivity contribution < 1.29 is 13.2 Å². The molecule has 114 valence electrons. The summed E-state index contributed by atoms with van der Waals surface area (Å²) in [5.41, 5.74) is 1.13. The summed E-state index contributed by atoms with van der Waals surface area (Å²) in [6, 6.07) is 7.97. The minimum absolute atomic E-state index is 0.0908. The molecule has 0 aliphatic rings. The van der Waals surface area contributed by atoms with Gasteiger partial charge in [-0.05, 0) is 24.1 Å². The maximum absolute atomic E-state index is 11.6. The Bertz CT molecular complexity index is 486. The third-order valence-electron chi connectivity index (χ3n) is 3.05. The van der Waals surface area contributed by atoms with Gasteiger partial charge in [-0.3, -0.25) is 0 Å². The third kappa shape index (κ3) is 5.48. The second kappa shape index (κ2) is 8.24. The summed E-state index contributed by atoms with van der Waals surface area (Å²) in [5.74, 6) is 0.909. The SMILES string of the molecule is CCNS(=O)(=O)CCNC(CC)c1ccc(OC)cc1. The van der Waals surface area contributed by atoms with Crippen molar-refractivity contribution in [1.29, 1.82) is 0 Å². The van der Waals surface area contributed by atoms with Crippen molar-refractivity contribution in [2.45, 2.75) is 26.3 Å². The van der Waals surface area contributed by atoms with Crippen LogP contribution in [0.15, 0.2) is 24.3 Å². The fraction of sp³-hybridized carbons (Fsp3) is 0.571. The van der Waals surface area contributed by atoms with Crippen molar-refractivity contribution >= 4 is 10.0 Å². The molecule has 1 atom stereocenters. The lowest BCUT2D eigenvalue weighted by atomic mass is 10.0. The van der Waals surface area contributed by atoms with Gasteiger partial charge >= 0.3 is 0 Å². The van der Waals surface area contributed by atoms with E-state index < -0.39 is 10.0 Å². The predicted octanol–water partition coefficient (Wildman–Crippen LogP) is 1.68. The molecule has 1 unspecified atom stereocenters. The van der Waals surface area contributed by atoms with Gasteiger partial charge < -0.3 is 10.1 Å². The molecule has 2 N–H and O–H groups in total. The zero-order valence-electron chi connectivity index (χ0n) is 12.3. The average molecular weight is 300 g/mol.